The second-order valence-electron chi connectivity index (χ2n) is 8.85. The Morgan fingerprint density at radius 2 is 1.51 bits per heavy atom. The summed E-state index contributed by atoms with van der Waals surface area (Å²) in [5.74, 6) is -4.02. The lowest BCUT2D eigenvalue weighted by atomic mass is 10.0. The van der Waals surface area contributed by atoms with Crippen LogP contribution < -0.4 is 10.6 Å². The molecule has 3 rings (SSSR count). The van der Waals surface area contributed by atoms with Crippen molar-refractivity contribution in [3.8, 4) is 0 Å². The Morgan fingerprint density at radius 3 is 1.95 bits per heavy atom. The molecule has 0 unspecified atom stereocenters. The topological polar surface area (TPSA) is 132 Å². The van der Waals surface area contributed by atoms with Gasteiger partial charge < -0.3 is 25.7 Å². The monoisotopic (exact) mass is 544 g/mol. The first-order chi connectivity index (χ1) is 16.9. The van der Waals surface area contributed by atoms with Gasteiger partial charge in [-0.1, -0.05) is 0 Å². The minimum Gasteiger partial charge on any atom is -0.475 e. The zero-order chi connectivity index (χ0) is 28.6. The molecule has 9 nitrogen and oxygen atoms in total. The van der Waals surface area contributed by atoms with Crippen molar-refractivity contribution < 1.29 is 50.9 Å². The summed E-state index contributed by atoms with van der Waals surface area (Å²) in [6.45, 7) is 6.95. The fraction of sp³-hybridized carbons (Fsp3) is 0.636. The van der Waals surface area contributed by atoms with Crippen LogP contribution in [0.3, 0.4) is 0 Å². The van der Waals surface area contributed by atoms with Gasteiger partial charge >= 0.3 is 24.3 Å². The van der Waals surface area contributed by atoms with Gasteiger partial charge in [0.25, 0.3) is 5.91 Å². The Labute approximate surface area is 209 Å². The number of halogens is 6. The minimum atomic E-state index is -5.08. The van der Waals surface area contributed by atoms with Crippen LogP contribution in [0.4, 0.5) is 32.2 Å². The lowest BCUT2D eigenvalue weighted by Gasteiger charge is -2.16. The van der Waals surface area contributed by atoms with E-state index >= 15 is 0 Å². The van der Waals surface area contributed by atoms with Gasteiger partial charge in [-0.25, -0.2) is 14.6 Å². The number of nitrogens with one attached hydrogen (secondary N) is 2. The molecule has 1 aliphatic heterocycles. The number of pyridine rings is 1. The standard InChI is InChI=1S/C18H28N4O.2C2HF3O2/c1-12(2)20-18(23)15-10-14-6-8-22(3)9-7-16(14)21-17(15)19-11-13-4-5-13;2*3-2(4,5)1(6)7/h10,12-13H,4-9,11H2,1-3H3,(H,19,21)(H,20,23);2*(H,6,7). The number of carboxylic acid groups (broad SMARTS) is 2. The number of likely N-dealkylation sites (N-methyl/N-ethyl adjacent to an activating group) is 1. The number of nitrogens with zero attached hydrogens (tertiary/aromatic N) is 2. The van der Waals surface area contributed by atoms with Gasteiger partial charge in [0.2, 0.25) is 0 Å². The van der Waals surface area contributed by atoms with Crippen LogP contribution in [0.1, 0.15) is 48.3 Å². The van der Waals surface area contributed by atoms with Crippen molar-refractivity contribution in [2.45, 2.75) is 57.9 Å². The number of carboxylic acids is 2. The smallest absolute Gasteiger partial charge is 0.475 e. The molecule has 0 aromatic carbocycles. The number of hydrogen-bond acceptors (Lipinski definition) is 6. The maximum atomic E-state index is 12.6. The van der Waals surface area contributed by atoms with Gasteiger partial charge in [0, 0.05) is 37.8 Å². The molecule has 1 aliphatic carbocycles. The van der Waals surface area contributed by atoms with Gasteiger partial charge in [-0.2, -0.15) is 26.3 Å². The summed E-state index contributed by atoms with van der Waals surface area (Å²) in [6.07, 6.45) is -5.67. The summed E-state index contributed by atoms with van der Waals surface area (Å²) in [5, 5.41) is 20.7. The van der Waals surface area contributed by atoms with E-state index in [1.54, 1.807) is 0 Å². The second-order valence-corrected chi connectivity index (χ2v) is 8.85. The molecule has 210 valence electrons. The molecule has 0 saturated heterocycles. The van der Waals surface area contributed by atoms with E-state index < -0.39 is 24.3 Å². The molecule has 0 bridgehead atoms. The van der Waals surface area contributed by atoms with Gasteiger partial charge in [0.1, 0.15) is 5.82 Å². The summed E-state index contributed by atoms with van der Waals surface area (Å²) < 4.78 is 63.5. The van der Waals surface area contributed by atoms with Crippen molar-refractivity contribution in [3.05, 3.63) is 22.9 Å². The third-order valence-electron chi connectivity index (χ3n) is 5.09. The van der Waals surface area contributed by atoms with Crippen LogP contribution in [-0.2, 0) is 22.4 Å². The first-order valence-electron chi connectivity index (χ1n) is 11.3. The molecule has 2 aliphatic rings. The third kappa shape index (κ3) is 12.1. The number of amides is 1. The summed E-state index contributed by atoms with van der Waals surface area (Å²) in [4.78, 5) is 37.5. The van der Waals surface area contributed by atoms with Gasteiger partial charge in [-0.15, -0.1) is 0 Å². The average Bonchev–Trinajstić information content (AvgIpc) is 3.59. The molecule has 37 heavy (non-hydrogen) atoms. The van der Waals surface area contributed by atoms with Crippen molar-refractivity contribution in [2.24, 2.45) is 5.92 Å². The maximum Gasteiger partial charge on any atom is 0.490 e. The van der Waals surface area contributed by atoms with Crippen LogP contribution in [0.25, 0.3) is 0 Å². The molecular formula is C22H30F6N4O5. The average molecular weight is 544 g/mol. The minimum absolute atomic E-state index is 0.0220. The van der Waals surface area contributed by atoms with Gasteiger partial charge in [0.05, 0.1) is 5.56 Å². The fourth-order valence-electron chi connectivity index (χ4n) is 2.96. The van der Waals surface area contributed by atoms with E-state index in [0.717, 1.165) is 49.9 Å². The van der Waals surface area contributed by atoms with E-state index in [1.165, 1.54) is 18.4 Å². The molecule has 15 heteroatoms. The highest BCUT2D eigenvalue weighted by Crippen LogP contribution is 2.30. The summed E-state index contributed by atoms with van der Waals surface area (Å²) in [7, 11) is 2.14. The van der Waals surface area contributed by atoms with Crippen molar-refractivity contribution in [1.29, 1.82) is 0 Å². The highest BCUT2D eigenvalue weighted by Gasteiger charge is 2.38. The SMILES string of the molecule is CC(C)NC(=O)c1cc2c(nc1NCC1CC1)CCN(C)CC2.O=C(O)C(F)(F)F.O=C(O)C(F)(F)F. The Bertz CT molecular complexity index is 925. The highest BCUT2D eigenvalue weighted by atomic mass is 19.4. The normalized spacial score (nSPS) is 15.7. The van der Waals surface area contributed by atoms with Crippen molar-refractivity contribution in [1.82, 2.24) is 15.2 Å². The maximum absolute atomic E-state index is 12.6. The molecule has 2 heterocycles. The predicted octanol–water partition coefficient (Wildman–Crippen LogP) is 3.34. The van der Waals surface area contributed by atoms with Gasteiger partial charge in [-0.3, -0.25) is 4.79 Å². The lowest BCUT2D eigenvalue weighted by molar-refractivity contribution is -0.193. The molecule has 0 radical (unpaired) electrons. The van der Waals surface area contributed by atoms with E-state index in [-0.39, 0.29) is 11.9 Å². The van der Waals surface area contributed by atoms with Gasteiger partial charge in [-0.05, 0) is 57.7 Å². The Kier molecular flexibility index (Phi) is 11.6. The van der Waals surface area contributed by atoms with Crippen LogP contribution in [0.5, 0.6) is 0 Å². The number of aromatic nitrogens is 1. The molecular weight excluding hydrogens is 514 g/mol. The highest BCUT2D eigenvalue weighted by molar-refractivity contribution is 5.99. The first-order valence-corrected chi connectivity index (χ1v) is 11.3. The van der Waals surface area contributed by atoms with E-state index in [4.69, 9.17) is 24.8 Å². The number of anilines is 1. The quantitative estimate of drug-likeness (QED) is 0.415. The Hall–Kier alpha value is -3.10. The number of alkyl halides is 6. The first kappa shape index (κ1) is 31.9. The molecule has 4 N–H and O–H groups in total. The van der Waals surface area contributed by atoms with E-state index in [2.05, 4.69) is 28.6 Å². The molecule has 1 saturated carbocycles. The summed E-state index contributed by atoms with van der Waals surface area (Å²) in [6, 6.07) is 2.19. The molecule has 0 spiro atoms. The zero-order valence-corrected chi connectivity index (χ0v) is 20.5. The predicted molar refractivity (Wildman–Crippen MR) is 120 cm³/mol. The largest absolute Gasteiger partial charge is 0.490 e. The number of hydrogen-bond donors (Lipinski definition) is 4. The second kappa shape index (κ2) is 13.4. The lowest BCUT2D eigenvalue weighted by Crippen LogP contribution is -2.31. The summed E-state index contributed by atoms with van der Waals surface area (Å²) >= 11 is 0. The number of aliphatic carboxylic acids is 2. The van der Waals surface area contributed by atoms with Crippen molar-refractivity contribution >= 4 is 23.7 Å². The number of carbonyl (C=O) groups excluding carboxylic acids is 1. The van der Waals surface area contributed by atoms with Crippen LogP contribution >= 0.6 is 0 Å². The van der Waals surface area contributed by atoms with Gasteiger partial charge in [0.15, 0.2) is 0 Å². The molecule has 0 atom stereocenters. The number of carbonyl (C=O) groups is 3. The molecule has 1 aromatic heterocycles. The zero-order valence-electron chi connectivity index (χ0n) is 20.5. The van der Waals surface area contributed by atoms with E-state index in [0.29, 0.717) is 5.56 Å². The van der Waals surface area contributed by atoms with Crippen LogP contribution in [0.2, 0.25) is 0 Å². The fourth-order valence-corrected chi connectivity index (χ4v) is 2.96. The van der Waals surface area contributed by atoms with E-state index in [1.807, 2.05) is 13.8 Å². The summed E-state index contributed by atoms with van der Waals surface area (Å²) in [5.41, 5.74) is 3.07. The van der Waals surface area contributed by atoms with Crippen molar-refractivity contribution in [3.63, 3.8) is 0 Å². The molecule has 1 aromatic rings. The third-order valence-corrected chi connectivity index (χ3v) is 5.09. The Morgan fingerprint density at radius 1 is 1.03 bits per heavy atom. The number of rotatable bonds is 5. The molecule has 1 amide bonds. The number of fused-ring (bicyclic) bond motifs is 1. The Balaban J connectivity index is 0.000000404. The molecule has 1 fully saturated rings. The van der Waals surface area contributed by atoms with E-state index in [9.17, 15) is 31.1 Å². The van der Waals surface area contributed by atoms with Crippen LogP contribution in [-0.4, -0.2) is 83.0 Å². The van der Waals surface area contributed by atoms with Crippen LogP contribution in [0.15, 0.2) is 6.07 Å². The van der Waals surface area contributed by atoms with Crippen LogP contribution in [0, 0.1) is 5.92 Å². The van der Waals surface area contributed by atoms with Crippen molar-refractivity contribution in [2.75, 3.05) is 32.0 Å².